The molecule has 6 rings (SSSR count). The van der Waals surface area contributed by atoms with E-state index in [9.17, 15) is 52.8 Å². The van der Waals surface area contributed by atoms with Crippen LogP contribution in [0.3, 0.4) is 0 Å². The van der Waals surface area contributed by atoms with E-state index in [2.05, 4.69) is 0 Å². The summed E-state index contributed by atoms with van der Waals surface area (Å²) in [6, 6.07) is 20.3. The van der Waals surface area contributed by atoms with Crippen molar-refractivity contribution in [1.29, 1.82) is 0 Å². The number of ether oxygens (including phenoxy) is 7. The number of para-hydroxylation sites is 4. The first kappa shape index (κ1) is 48.8. The molecule has 10 bridgehead atoms. The van der Waals surface area contributed by atoms with E-state index in [0.717, 1.165) is 9.44 Å². The van der Waals surface area contributed by atoms with Crippen molar-refractivity contribution in [1.82, 2.24) is 9.44 Å². The average molecular weight is 961 g/mol. The Bertz CT molecular complexity index is 2400. The van der Waals surface area contributed by atoms with E-state index in [0.29, 0.717) is 58.1 Å². The molecule has 1 aliphatic carbocycles. The van der Waals surface area contributed by atoms with Crippen molar-refractivity contribution in [3.8, 4) is 23.0 Å². The summed E-state index contributed by atoms with van der Waals surface area (Å²) in [5, 5.41) is 0. The first-order chi connectivity index (χ1) is 30.8. The van der Waals surface area contributed by atoms with Gasteiger partial charge in [-0.2, -0.15) is 43.2 Å². The molecule has 2 amide bonds. The number of rotatable bonds is 8. The minimum absolute atomic E-state index is 0.0154. The van der Waals surface area contributed by atoms with Crippen LogP contribution in [-0.2, 0) is 69.5 Å². The second-order valence-corrected chi connectivity index (χ2v) is 17.7. The van der Waals surface area contributed by atoms with Crippen LogP contribution < -0.4 is 28.4 Å². The molecule has 2 aliphatic rings. The van der Waals surface area contributed by atoms with Crippen molar-refractivity contribution >= 4 is 31.9 Å². The van der Waals surface area contributed by atoms with Crippen LogP contribution in [0.15, 0.2) is 72.8 Å². The number of fused-ring (bicyclic) bond motifs is 4. The molecular weight excluding hydrogens is 919 g/mol. The largest absolute Gasteiger partial charge is 0.516 e. The van der Waals surface area contributed by atoms with E-state index >= 15 is 0 Å². The molecule has 0 radical (unpaired) electrons. The van der Waals surface area contributed by atoms with Gasteiger partial charge in [-0.15, -0.1) is 0 Å². The molecule has 4 aromatic rings. The van der Waals surface area contributed by atoms with Crippen molar-refractivity contribution in [2.45, 2.75) is 36.7 Å². The zero-order valence-electron chi connectivity index (χ0n) is 34.2. The van der Waals surface area contributed by atoms with E-state index in [1.54, 1.807) is 48.5 Å². The molecule has 2 N–H and O–H groups in total. The van der Waals surface area contributed by atoms with Crippen molar-refractivity contribution in [2.24, 2.45) is 0 Å². The van der Waals surface area contributed by atoms with Gasteiger partial charge < -0.3 is 33.2 Å². The molecule has 0 atom stereocenters. The van der Waals surface area contributed by atoms with Crippen molar-refractivity contribution in [3.63, 3.8) is 0 Å². The van der Waals surface area contributed by atoms with Gasteiger partial charge in [0.25, 0.3) is 11.8 Å². The van der Waals surface area contributed by atoms with E-state index in [4.69, 9.17) is 33.2 Å². The Hall–Kier alpha value is -5.62. The number of benzene rings is 4. The van der Waals surface area contributed by atoms with Gasteiger partial charge in [0.2, 0.25) is 0 Å². The summed E-state index contributed by atoms with van der Waals surface area (Å²) in [7, 11) is -12.2. The molecular formula is C42H42F6N2O13S2. The first-order valence-electron chi connectivity index (χ1n) is 19.7. The van der Waals surface area contributed by atoms with Crippen molar-refractivity contribution < 1.29 is 85.9 Å². The third-order valence-corrected chi connectivity index (χ3v) is 11.9. The van der Waals surface area contributed by atoms with Crippen molar-refractivity contribution in [2.75, 3.05) is 66.1 Å². The number of sulfonamides is 2. The highest BCUT2D eigenvalue weighted by atomic mass is 32.2. The number of hydrogen-bond donors (Lipinski definition) is 2. The van der Waals surface area contributed by atoms with Gasteiger partial charge in [-0.3, -0.25) is 9.59 Å². The number of hydrogen-bond acceptors (Lipinski definition) is 13. The maximum Gasteiger partial charge on any atom is 0.516 e. The summed E-state index contributed by atoms with van der Waals surface area (Å²) >= 11 is 0. The van der Waals surface area contributed by atoms with E-state index in [-0.39, 0.29) is 88.0 Å². The lowest BCUT2D eigenvalue weighted by Gasteiger charge is -2.23. The second-order valence-electron chi connectivity index (χ2n) is 14.4. The van der Waals surface area contributed by atoms with Gasteiger partial charge in [-0.25, -0.2) is 9.44 Å². The van der Waals surface area contributed by atoms with Crippen LogP contribution in [0.25, 0.3) is 0 Å². The average Bonchev–Trinajstić information content (AvgIpc) is 3.21. The number of halogens is 6. The lowest BCUT2D eigenvalue weighted by molar-refractivity contribution is -0.122. The van der Waals surface area contributed by atoms with Crippen LogP contribution in [0.1, 0.15) is 44.5 Å². The highest BCUT2D eigenvalue weighted by molar-refractivity contribution is 7.91. The Morgan fingerprint density at radius 1 is 0.462 bits per heavy atom. The first-order valence-corrected chi connectivity index (χ1v) is 22.7. The minimum atomic E-state index is -6.10. The van der Waals surface area contributed by atoms with Crippen LogP contribution >= 0.6 is 0 Å². The van der Waals surface area contributed by atoms with E-state index in [1.807, 2.05) is 12.1 Å². The Balaban J connectivity index is 1.50. The molecule has 0 saturated carbocycles. The highest BCUT2D eigenvalue weighted by Gasteiger charge is 2.48. The zero-order chi connectivity index (χ0) is 46.8. The number of carbonyl (C=O) groups excluding carboxylic acids is 2. The fraction of sp³-hybridized carbons (Fsp3) is 0.381. The number of carbonyl (C=O) groups is 2. The fourth-order valence-electron chi connectivity index (χ4n) is 6.93. The summed E-state index contributed by atoms with van der Waals surface area (Å²) in [5.74, 6) is -2.51. The highest BCUT2D eigenvalue weighted by Crippen LogP contribution is 2.39. The number of alkyl halides is 6. The molecule has 0 spiro atoms. The second kappa shape index (κ2) is 21.1. The maximum atomic E-state index is 13.2. The fourth-order valence-corrected chi connectivity index (χ4v) is 7.87. The van der Waals surface area contributed by atoms with E-state index in [1.165, 1.54) is 12.1 Å². The molecule has 0 fully saturated rings. The molecule has 4 aromatic carbocycles. The number of amides is 2. The molecule has 23 heteroatoms. The summed E-state index contributed by atoms with van der Waals surface area (Å²) < 4.78 is 170. The smallest absolute Gasteiger partial charge is 0.491 e. The van der Waals surface area contributed by atoms with Crippen LogP contribution in [0, 0.1) is 0 Å². The summed E-state index contributed by atoms with van der Waals surface area (Å²) in [6.07, 6.45) is 0.0713. The van der Waals surface area contributed by atoms with E-state index < -0.39 is 56.1 Å². The van der Waals surface area contributed by atoms with Gasteiger partial charge in [0.15, 0.2) is 13.2 Å². The Morgan fingerprint density at radius 3 is 1.03 bits per heavy atom. The third-order valence-electron chi connectivity index (χ3n) is 9.73. The summed E-state index contributed by atoms with van der Waals surface area (Å²) in [5.41, 5.74) is -7.81. The Labute approximate surface area is 369 Å². The lowest BCUT2D eigenvalue weighted by atomic mass is 9.91. The molecule has 1 heterocycles. The molecule has 0 saturated heterocycles. The van der Waals surface area contributed by atoms with Crippen molar-refractivity contribution in [3.05, 3.63) is 117 Å². The monoisotopic (exact) mass is 960 g/mol. The lowest BCUT2D eigenvalue weighted by Crippen LogP contribution is -2.42. The Morgan fingerprint density at radius 2 is 0.723 bits per heavy atom. The zero-order valence-corrected chi connectivity index (χ0v) is 35.9. The molecule has 15 nitrogen and oxygen atoms in total. The van der Waals surface area contributed by atoms with Gasteiger partial charge >= 0.3 is 31.1 Å². The van der Waals surface area contributed by atoms with Crippen LogP contribution in [0.2, 0.25) is 0 Å². The van der Waals surface area contributed by atoms with Gasteiger partial charge in [0, 0.05) is 25.7 Å². The SMILES string of the molecule is O=C(COc1c2cccc1Cc1cccc(c1OCC(=O)NS(=O)(=O)C(F)(F)F)Cc1cccc3c1OCCOCCOCCOCCOc1c(cccc1C2)C3)NS(=O)(=O)C(F)(F)F. The molecule has 0 aromatic heterocycles. The van der Waals surface area contributed by atoms with Crippen LogP contribution in [0.5, 0.6) is 23.0 Å². The van der Waals surface area contributed by atoms with Crippen LogP contribution in [-0.4, -0.2) is 106 Å². The summed E-state index contributed by atoms with van der Waals surface area (Å²) in [4.78, 5) is 25.4. The van der Waals surface area contributed by atoms with Gasteiger partial charge in [0.05, 0.1) is 39.6 Å². The summed E-state index contributed by atoms with van der Waals surface area (Å²) in [6.45, 7) is -0.694. The van der Waals surface area contributed by atoms with Gasteiger partial charge in [-0.05, 0) is 44.5 Å². The predicted octanol–water partition coefficient (Wildman–Crippen LogP) is 4.87. The van der Waals surface area contributed by atoms with Crippen LogP contribution in [0.4, 0.5) is 26.3 Å². The molecule has 1 aliphatic heterocycles. The van der Waals surface area contributed by atoms with Gasteiger partial charge in [-0.1, -0.05) is 72.8 Å². The molecule has 65 heavy (non-hydrogen) atoms. The molecule has 352 valence electrons. The normalized spacial score (nSPS) is 15.7. The maximum absolute atomic E-state index is 13.2. The third kappa shape index (κ3) is 12.8. The Kier molecular flexibility index (Phi) is 15.9. The van der Waals surface area contributed by atoms with Gasteiger partial charge in [0.1, 0.15) is 36.2 Å². The standard InChI is InChI=1S/C42H42F6N2O13S2/c43-41(44,45)64(53,54)49-35(51)25-62-39-31-9-3-11-33(39)24-34-12-4-10-32(40(34)63-26-36(52)50-65(55,56)42(46,47)48)23-30-8-2-6-28-21-27-5-1-7-29(22-31)37(27)60-19-17-58-15-13-57-14-16-59-18-20-61-38(28)30/h1-12H,13-26H2,(H,49,51)(H,50,52). The quantitative estimate of drug-likeness (QED) is 0.201. The predicted molar refractivity (Wildman–Crippen MR) is 218 cm³/mol. The topological polar surface area (TPSA) is 191 Å². The number of nitrogens with one attached hydrogen (secondary N) is 2. The minimum Gasteiger partial charge on any atom is -0.491 e. The molecule has 0 unspecified atom stereocenters.